The number of primary amides is 1. The van der Waals surface area contributed by atoms with Crippen molar-refractivity contribution in [2.75, 3.05) is 5.73 Å². The lowest BCUT2D eigenvalue weighted by Gasteiger charge is -2.10. The van der Waals surface area contributed by atoms with Crippen LogP contribution in [0.2, 0.25) is 0 Å². The standard InChI is InChI=1S/C13H17N5O2/c1-2-5-18-12(16-8-17-18)7-20-11-4-3-9(14)6-10(11)13(15)19/h3-4,6,8H,2,5,7,14H2,1H3,(H2,15,19). The van der Waals surface area contributed by atoms with Gasteiger partial charge in [-0.2, -0.15) is 5.10 Å². The monoisotopic (exact) mass is 275 g/mol. The summed E-state index contributed by atoms with van der Waals surface area (Å²) in [4.78, 5) is 15.5. The minimum atomic E-state index is -0.581. The van der Waals surface area contributed by atoms with Gasteiger partial charge in [0.2, 0.25) is 0 Å². The van der Waals surface area contributed by atoms with Gasteiger partial charge in [-0.1, -0.05) is 6.92 Å². The Hall–Kier alpha value is -2.57. The zero-order valence-electron chi connectivity index (χ0n) is 11.2. The van der Waals surface area contributed by atoms with Crippen LogP contribution >= 0.6 is 0 Å². The average molecular weight is 275 g/mol. The summed E-state index contributed by atoms with van der Waals surface area (Å²) < 4.78 is 7.37. The summed E-state index contributed by atoms with van der Waals surface area (Å²) in [5.41, 5.74) is 11.6. The predicted octanol–water partition coefficient (Wildman–Crippen LogP) is 0.948. The first-order valence-electron chi connectivity index (χ1n) is 6.30. The van der Waals surface area contributed by atoms with Gasteiger partial charge in [-0.15, -0.1) is 0 Å². The van der Waals surface area contributed by atoms with Crippen LogP contribution in [0.3, 0.4) is 0 Å². The zero-order valence-corrected chi connectivity index (χ0v) is 11.2. The summed E-state index contributed by atoms with van der Waals surface area (Å²) in [5, 5.41) is 4.10. The highest BCUT2D eigenvalue weighted by Crippen LogP contribution is 2.21. The molecule has 0 saturated heterocycles. The topological polar surface area (TPSA) is 109 Å². The molecule has 1 aromatic heterocycles. The second-order valence-corrected chi connectivity index (χ2v) is 4.31. The van der Waals surface area contributed by atoms with Crippen LogP contribution in [0.4, 0.5) is 5.69 Å². The van der Waals surface area contributed by atoms with E-state index >= 15 is 0 Å². The number of carbonyl (C=O) groups excluding carboxylic acids is 1. The molecule has 0 saturated carbocycles. The highest BCUT2D eigenvalue weighted by atomic mass is 16.5. The molecule has 0 aliphatic rings. The van der Waals surface area contributed by atoms with Crippen molar-refractivity contribution in [2.45, 2.75) is 26.5 Å². The number of nitrogens with zero attached hydrogens (tertiary/aromatic N) is 3. The Morgan fingerprint density at radius 2 is 2.25 bits per heavy atom. The molecule has 106 valence electrons. The van der Waals surface area contributed by atoms with Crippen LogP contribution in [0, 0.1) is 0 Å². The maximum absolute atomic E-state index is 11.4. The van der Waals surface area contributed by atoms with Crippen LogP contribution in [0.25, 0.3) is 0 Å². The number of ether oxygens (including phenoxy) is 1. The minimum absolute atomic E-state index is 0.212. The summed E-state index contributed by atoms with van der Waals surface area (Å²) in [6.45, 7) is 3.03. The largest absolute Gasteiger partial charge is 0.485 e. The number of hydrogen-bond donors (Lipinski definition) is 2. The van der Waals surface area contributed by atoms with Gasteiger partial charge in [0.1, 0.15) is 18.7 Å². The third-order valence-corrected chi connectivity index (χ3v) is 2.76. The van der Waals surface area contributed by atoms with Crippen LogP contribution in [0.5, 0.6) is 5.75 Å². The minimum Gasteiger partial charge on any atom is -0.485 e. The molecular formula is C13H17N5O2. The van der Waals surface area contributed by atoms with Crippen molar-refractivity contribution >= 4 is 11.6 Å². The van der Waals surface area contributed by atoms with Gasteiger partial charge in [-0.05, 0) is 24.6 Å². The van der Waals surface area contributed by atoms with E-state index in [9.17, 15) is 4.79 Å². The number of benzene rings is 1. The molecule has 0 atom stereocenters. The first-order chi connectivity index (χ1) is 9.61. The fourth-order valence-corrected chi connectivity index (χ4v) is 1.81. The number of amides is 1. The molecule has 4 N–H and O–H groups in total. The number of hydrogen-bond acceptors (Lipinski definition) is 5. The second-order valence-electron chi connectivity index (χ2n) is 4.31. The maximum atomic E-state index is 11.4. The summed E-state index contributed by atoms with van der Waals surface area (Å²) in [6.07, 6.45) is 2.43. The molecular weight excluding hydrogens is 258 g/mol. The van der Waals surface area contributed by atoms with Crippen LogP contribution in [0.1, 0.15) is 29.5 Å². The number of carbonyl (C=O) groups is 1. The molecule has 7 nitrogen and oxygen atoms in total. The van der Waals surface area contributed by atoms with Gasteiger partial charge in [0.15, 0.2) is 5.82 Å². The Labute approximate surface area is 116 Å². The Balaban J connectivity index is 2.14. The lowest BCUT2D eigenvalue weighted by molar-refractivity contribution is 0.0995. The van der Waals surface area contributed by atoms with Crippen LogP contribution in [-0.4, -0.2) is 20.7 Å². The lowest BCUT2D eigenvalue weighted by atomic mass is 10.1. The van der Waals surface area contributed by atoms with Crippen LogP contribution in [-0.2, 0) is 13.2 Å². The number of nitrogen functional groups attached to an aromatic ring is 1. The van der Waals surface area contributed by atoms with Crippen molar-refractivity contribution in [3.8, 4) is 5.75 Å². The van der Waals surface area contributed by atoms with E-state index in [1.54, 1.807) is 16.8 Å². The number of aromatic nitrogens is 3. The predicted molar refractivity (Wildman–Crippen MR) is 74.0 cm³/mol. The highest BCUT2D eigenvalue weighted by Gasteiger charge is 2.11. The normalized spacial score (nSPS) is 10.4. The molecule has 2 aromatic rings. The van der Waals surface area contributed by atoms with Crippen molar-refractivity contribution in [3.63, 3.8) is 0 Å². The number of anilines is 1. The van der Waals surface area contributed by atoms with Crippen molar-refractivity contribution < 1.29 is 9.53 Å². The molecule has 0 radical (unpaired) electrons. The van der Waals surface area contributed by atoms with Crippen LogP contribution < -0.4 is 16.2 Å². The second kappa shape index (κ2) is 6.05. The summed E-state index contributed by atoms with van der Waals surface area (Å²) >= 11 is 0. The molecule has 0 spiro atoms. The SMILES string of the molecule is CCCn1ncnc1COc1ccc(N)cc1C(N)=O. The fourth-order valence-electron chi connectivity index (χ4n) is 1.81. The van der Waals surface area contributed by atoms with E-state index in [4.69, 9.17) is 16.2 Å². The zero-order chi connectivity index (χ0) is 14.5. The van der Waals surface area contributed by atoms with Crippen molar-refractivity contribution in [1.82, 2.24) is 14.8 Å². The van der Waals surface area contributed by atoms with E-state index in [2.05, 4.69) is 17.0 Å². The van der Waals surface area contributed by atoms with E-state index in [0.29, 0.717) is 17.3 Å². The van der Waals surface area contributed by atoms with E-state index in [0.717, 1.165) is 13.0 Å². The van der Waals surface area contributed by atoms with Crippen molar-refractivity contribution in [1.29, 1.82) is 0 Å². The van der Waals surface area contributed by atoms with E-state index < -0.39 is 5.91 Å². The lowest BCUT2D eigenvalue weighted by Crippen LogP contribution is -2.14. The summed E-state index contributed by atoms with van der Waals surface area (Å²) in [7, 11) is 0. The Kier molecular flexibility index (Phi) is 4.19. The third-order valence-electron chi connectivity index (χ3n) is 2.76. The summed E-state index contributed by atoms with van der Waals surface area (Å²) in [5.74, 6) is 0.499. The molecule has 1 heterocycles. The smallest absolute Gasteiger partial charge is 0.252 e. The van der Waals surface area contributed by atoms with Crippen molar-refractivity contribution in [2.24, 2.45) is 5.73 Å². The van der Waals surface area contributed by atoms with E-state index in [1.165, 1.54) is 12.4 Å². The molecule has 0 fully saturated rings. The first kappa shape index (κ1) is 13.9. The van der Waals surface area contributed by atoms with Gasteiger partial charge in [-0.3, -0.25) is 4.79 Å². The number of nitrogens with two attached hydrogens (primary N) is 2. The van der Waals surface area contributed by atoms with Gasteiger partial charge in [0.25, 0.3) is 5.91 Å². The Morgan fingerprint density at radius 3 is 2.95 bits per heavy atom. The van der Waals surface area contributed by atoms with Crippen LogP contribution in [0.15, 0.2) is 24.5 Å². The molecule has 7 heteroatoms. The summed E-state index contributed by atoms with van der Waals surface area (Å²) in [6, 6.07) is 4.77. The molecule has 20 heavy (non-hydrogen) atoms. The Bertz CT molecular complexity index is 609. The number of aryl methyl sites for hydroxylation is 1. The van der Waals surface area contributed by atoms with Gasteiger partial charge < -0.3 is 16.2 Å². The highest BCUT2D eigenvalue weighted by molar-refractivity contribution is 5.96. The molecule has 0 aliphatic carbocycles. The fraction of sp³-hybridized carbons (Fsp3) is 0.308. The molecule has 0 aliphatic heterocycles. The maximum Gasteiger partial charge on any atom is 0.252 e. The number of rotatable bonds is 6. The third kappa shape index (κ3) is 3.05. The molecule has 1 aromatic carbocycles. The molecule has 1 amide bonds. The average Bonchev–Trinajstić information content (AvgIpc) is 2.85. The van der Waals surface area contributed by atoms with Gasteiger partial charge in [0, 0.05) is 12.2 Å². The van der Waals surface area contributed by atoms with Crippen molar-refractivity contribution in [3.05, 3.63) is 35.9 Å². The molecule has 0 bridgehead atoms. The van der Waals surface area contributed by atoms with Gasteiger partial charge >= 0.3 is 0 Å². The Morgan fingerprint density at radius 1 is 1.45 bits per heavy atom. The van der Waals surface area contributed by atoms with E-state index in [-0.39, 0.29) is 12.2 Å². The molecule has 0 unspecified atom stereocenters. The quantitative estimate of drug-likeness (QED) is 0.763. The van der Waals surface area contributed by atoms with Gasteiger partial charge in [0.05, 0.1) is 5.56 Å². The van der Waals surface area contributed by atoms with E-state index in [1.807, 2.05) is 0 Å². The molecule has 2 rings (SSSR count). The first-order valence-corrected chi connectivity index (χ1v) is 6.30. The van der Waals surface area contributed by atoms with Gasteiger partial charge in [-0.25, -0.2) is 9.67 Å².